The minimum Gasteiger partial charge on any atom is -0.480 e. The van der Waals surface area contributed by atoms with E-state index in [2.05, 4.69) is 22.4 Å². The quantitative estimate of drug-likeness (QED) is 0.559. The third-order valence-electron chi connectivity index (χ3n) is 1.45. The van der Waals surface area contributed by atoms with Gasteiger partial charge in [0.25, 0.3) is 0 Å². The molecule has 0 atom stereocenters. The van der Waals surface area contributed by atoms with E-state index in [-0.39, 0.29) is 6.54 Å². The van der Waals surface area contributed by atoms with E-state index in [4.69, 9.17) is 5.11 Å². The van der Waals surface area contributed by atoms with Crippen molar-refractivity contribution in [3.63, 3.8) is 0 Å². The van der Waals surface area contributed by atoms with Crippen LogP contribution < -0.4 is 0 Å². The highest BCUT2D eigenvalue weighted by atomic mass is 32.2. The van der Waals surface area contributed by atoms with Gasteiger partial charge in [0.1, 0.15) is 6.54 Å². The normalized spacial score (nSPS) is 10.5. The van der Waals surface area contributed by atoms with Crippen LogP contribution in [0.25, 0.3) is 0 Å². The Balaban J connectivity index is 2.39. The molecule has 1 N–H and O–H groups in total. The molecule has 6 nitrogen and oxygen atoms in total. The summed E-state index contributed by atoms with van der Waals surface area (Å²) in [7, 11) is 0. The number of nitrogens with zero attached hydrogens (tertiary/aromatic N) is 4. The van der Waals surface area contributed by atoms with Crippen LogP contribution in [0, 0.1) is 0 Å². The fraction of sp³-hybridized carbons (Fsp3) is 0.714. The number of carbonyl (C=O) groups is 1. The van der Waals surface area contributed by atoms with Crippen LogP contribution in [0.1, 0.15) is 6.92 Å². The predicted octanol–water partition coefficient (Wildman–Crippen LogP) is 0.603. The lowest BCUT2D eigenvalue weighted by Gasteiger charge is -2.00. The average molecular weight is 248 g/mol. The van der Waals surface area contributed by atoms with Crippen LogP contribution in [0.4, 0.5) is 0 Å². The molecule has 0 aliphatic rings. The summed E-state index contributed by atoms with van der Waals surface area (Å²) in [5.41, 5.74) is 0. The number of aromatic nitrogens is 4. The number of hydrogen-bond donors (Lipinski definition) is 1. The molecule has 0 unspecified atom stereocenters. The van der Waals surface area contributed by atoms with Gasteiger partial charge in [0, 0.05) is 11.5 Å². The largest absolute Gasteiger partial charge is 0.480 e. The van der Waals surface area contributed by atoms with Crippen molar-refractivity contribution in [2.75, 3.05) is 17.3 Å². The van der Waals surface area contributed by atoms with E-state index in [1.807, 2.05) is 11.8 Å². The van der Waals surface area contributed by atoms with Gasteiger partial charge in [-0.2, -0.15) is 11.8 Å². The zero-order valence-corrected chi connectivity index (χ0v) is 9.92. The van der Waals surface area contributed by atoms with Crippen LogP contribution in [0.3, 0.4) is 0 Å². The summed E-state index contributed by atoms with van der Waals surface area (Å²) in [4.78, 5) is 10.5. The first-order valence-electron chi connectivity index (χ1n) is 4.42. The molecule has 1 rings (SSSR count). The third kappa shape index (κ3) is 4.52. The minimum atomic E-state index is -0.938. The maximum atomic E-state index is 10.5. The lowest BCUT2D eigenvalue weighted by atomic mass is 10.7. The van der Waals surface area contributed by atoms with Crippen LogP contribution in [0.2, 0.25) is 0 Å². The summed E-state index contributed by atoms with van der Waals surface area (Å²) in [6.45, 7) is 1.92. The Morgan fingerprint density at radius 3 is 3.00 bits per heavy atom. The Bertz CT molecular complexity index is 318. The Morgan fingerprint density at radius 1 is 1.53 bits per heavy atom. The minimum absolute atomic E-state index is 0.184. The topological polar surface area (TPSA) is 80.9 Å². The van der Waals surface area contributed by atoms with Crippen molar-refractivity contribution < 1.29 is 9.90 Å². The molecule has 15 heavy (non-hydrogen) atoms. The predicted molar refractivity (Wildman–Crippen MR) is 59.2 cm³/mol. The first-order valence-corrected chi connectivity index (χ1v) is 6.56. The Hall–Kier alpha value is -0.760. The molecule has 0 aromatic carbocycles. The number of aliphatic carboxylic acids is 1. The molecular weight excluding hydrogens is 236 g/mol. The lowest BCUT2D eigenvalue weighted by Crippen LogP contribution is -2.11. The SMILES string of the molecule is CCSCCSc1nnnn1CC(=O)O. The molecule has 0 saturated carbocycles. The third-order valence-corrected chi connectivity index (χ3v) is 3.57. The number of thioether (sulfide) groups is 2. The molecular formula is C7H12N4O2S2. The summed E-state index contributed by atoms with van der Waals surface area (Å²) in [5, 5.41) is 20.0. The summed E-state index contributed by atoms with van der Waals surface area (Å²) < 4.78 is 1.30. The van der Waals surface area contributed by atoms with Crippen LogP contribution >= 0.6 is 23.5 Å². The van der Waals surface area contributed by atoms with Gasteiger partial charge in [0.15, 0.2) is 0 Å². The van der Waals surface area contributed by atoms with Crippen molar-refractivity contribution in [2.24, 2.45) is 0 Å². The van der Waals surface area contributed by atoms with Gasteiger partial charge >= 0.3 is 5.97 Å². The first kappa shape index (κ1) is 12.3. The van der Waals surface area contributed by atoms with Gasteiger partial charge in [-0.3, -0.25) is 4.79 Å². The van der Waals surface area contributed by atoms with Crippen molar-refractivity contribution in [3.05, 3.63) is 0 Å². The smallest absolute Gasteiger partial charge is 0.325 e. The second-order valence-corrected chi connectivity index (χ2v) is 5.01. The van der Waals surface area contributed by atoms with E-state index in [1.54, 1.807) is 0 Å². The second kappa shape index (κ2) is 6.67. The van der Waals surface area contributed by atoms with Gasteiger partial charge in [-0.05, 0) is 16.2 Å². The second-order valence-electron chi connectivity index (χ2n) is 2.56. The van der Waals surface area contributed by atoms with Crippen LogP contribution in [-0.4, -0.2) is 48.5 Å². The number of carboxylic acid groups (broad SMARTS) is 1. The van der Waals surface area contributed by atoms with Crippen LogP contribution in [-0.2, 0) is 11.3 Å². The summed E-state index contributed by atoms with van der Waals surface area (Å²) in [6, 6.07) is 0. The van der Waals surface area contributed by atoms with Gasteiger partial charge < -0.3 is 5.11 Å². The zero-order valence-electron chi connectivity index (χ0n) is 8.29. The maximum absolute atomic E-state index is 10.5. The molecule has 84 valence electrons. The van der Waals surface area contributed by atoms with Crippen LogP contribution in [0.5, 0.6) is 0 Å². The Morgan fingerprint density at radius 2 is 2.33 bits per heavy atom. The molecule has 1 aromatic heterocycles. The summed E-state index contributed by atoms with van der Waals surface area (Å²) >= 11 is 3.31. The summed E-state index contributed by atoms with van der Waals surface area (Å²) in [6.07, 6.45) is 0. The molecule has 0 aliphatic carbocycles. The van der Waals surface area contributed by atoms with E-state index in [0.29, 0.717) is 5.16 Å². The fourth-order valence-electron chi connectivity index (χ4n) is 0.863. The van der Waals surface area contributed by atoms with Crippen molar-refractivity contribution in [3.8, 4) is 0 Å². The van der Waals surface area contributed by atoms with E-state index in [9.17, 15) is 4.79 Å². The van der Waals surface area contributed by atoms with Crippen molar-refractivity contribution in [1.29, 1.82) is 0 Å². The fourth-order valence-corrected chi connectivity index (χ4v) is 2.48. The Labute approximate surface area is 95.8 Å². The van der Waals surface area contributed by atoms with E-state index < -0.39 is 5.97 Å². The highest BCUT2D eigenvalue weighted by Crippen LogP contribution is 2.15. The number of carboxylic acids is 1. The standard InChI is InChI=1S/C7H12N4O2S2/c1-2-14-3-4-15-7-8-9-10-11(7)5-6(12)13/h2-5H2,1H3,(H,12,13). The van der Waals surface area contributed by atoms with Crippen molar-refractivity contribution in [2.45, 2.75) is 18.6 Å². The molecule has 0 spiro atoms. The van der Waals surface area contributed by atoms with Gasteiger partial charge in [-0.25, -0.2) is 4.68 Å². The number of hydrogen-bond acceptors (Lipinski definition) is 6. The Kier molecular flexibility index (Phi) is 5.48. The number of tetrazole rings is 1. The van der Waals surface area contributed by atoms with E-state index in [1.165, 1.54) is 16.4 Å². The van der Waals surface area contributed by atoms with Gasteiger partial charge in [-0.1, -0.05) is 18.7 Å². The average Bonchev–Trinajstić information content (AvgIpc) is 2.59. The van der Waals surface area contributed by atoms with Gasteiger partial charge in [0.05, 0.1) is 0 Å². The maximum Gasteiger partial charge on any atom is 0.325 e. The molecule has 1 heterocycles. The molecule has 0 saturated heterocycles. The molecule has 8 heteroatoms. The molecule has 0 amide bonds. The first-order chi connectivity index (χ1) is 7.24. The monoisotopic (exact) mass is 248 g/mol. The molecule has 1 aromatic rings. The lowest BCUT2D eigenvalue weighted by molar-refractivity contribution is -0.138. The molecule has 0 radical (unpaired) electrons. The highest BCUT2D eigenvalue weighted by molar-refractivity contribution is 8.02. The van der Waals surface area contributed by atoms with E-state index in [0.717, 1.165) is 17.3 Å². The van der Waals surface area contributed by atoms with Gasteiger partial charge in [-0.15, -0.1) is 5.10 Å². The van der Waals surface area contributed by atoms with Crippen LogP contribution in [0.15, 0.2) is 5.16 Å². The van der Waals surface area contributed by atoms with Gasteiger partial charge in [0.2, 0.25) is 5.16 Å². The summed E-state index contributed by atoms with van der Waals surface area (Å²) in [5.74, 6) is 2.05. The zero-order chi connectivity index (χ0) is 11.1. The van der Waals surface area contributed by atoms with Crippen molar-refractivity contribution in [1.82, 2.24) is 20.2 Å². The van der Waals surface area contributed by atoms with E-state index >= 15 is 0 Å². The molecule has 0 fully saturated rings. The molecule has 0 bridgehead atoms. The van der Waals surface area contributed by atoms with Crippen molar-refractivity contribution >= 4 is 29.5 Å². The highest BCUT2D eigenvalue weighted by Gasteiger charge is 2.09. The number of rotatable bonds is 7. The molecule has 0 aliphatic heterocycles.